The van der Waals surface area contributed by atoms with Crippen LogP contribution >= 0.6 is 0 Å². The lowest BCUT2D eigenvalue weighted by Gasteiger charge is -2.20. The number of nitriles is 1. The number of carbonyl (C=O) groups is 1. The molecule has 124 valence electrons. The Kier molecular flexibility index (Phi) is 6.20. The smallest absolute Gasteiger partial charge is 0.245 e. The van der Waals surface area contributed by atoms with Crippen LogP contribution in [0.25, 0.3) is 0 Å². The molecule has 0 aliphatic rings. The van der Waals surface area contributed by atoms with Crippen LogP contribution in [0.1, 0.15) is 39.3 Å². The third-order valence-corrected chi connectivity index (χ3v) is 3.69. The van der Waals surface area contributed by atoms with Crippen molar-refractivity contribution >= 4 is 5.91 Å². The number of nitrogens with zero attached hydrogens (tertiary/aromatic N) is 1. The van der Waals surface area contributed by atoms with Gasteiger partial charge in [0.1, 0.15) is 6.04 Å². The molecule has 0 spiro atoms. The lowest BCUT2D eigenvalue weighted by Crippen LogP contribution is -2.27. The molecule has 1 rings (SSSR count). The highest BCUT2D eigenvalue weighted by Crippen LogP contribution is 2.34. The number of allylic oxidation sites excluding steroid dienone is 1. The fourth-order valence-electron chi connectivity index (χ4n) is 1.92. The minimum absolute atomic E-state index is 0.104. The number of hydrogen-bond acceptors (Lipinski definition) is 4. The zero-order chi connectivity index (χ0) is 17.6. The standard InChI is InChI=1S/C18H24N2O3/c1-12(18(2,3)4)10-16(21)20-14(11-19)13-8-7-9-15(22-5)17(13)23-6/h7-10,14H,1-6H3,(H,20,21)/b12-10+/t14-/m0/s1. The van der Waals surface area contributed by atoms with Crippen molar-refractivity contribution in [2.45, 2.75) is 33.7 Å². The van der Waals surface area contributed by atoms with Crippen molar-refractivity contribution in [3.8, 4) is 17.6 Å². The van der Waals surface area contributed by atoms with E-state index in [2.05, 4.69) is 11.4 Å². The fourth-order valence-corrected chi connectivity index (χ4v) is 1.92. The Morgan fingerprint density at radius 3 is 2.43 bits per heavy atom. The van der Waals surface area contributed by atoms with E-state index in [0.29, 0.717) is 17.1 Å². The number of carbonyl (C=O) groups excluding carboxylic acids is 1. The fraction of sp³-hybridized carbons (Fsp3) is 0.444. The van der Waals surface area contributed by atoms with E-state index in [-0.39, 0.29) is 11.3 Å². The minimum atomic E-state index is -0.823. The summed E-state index contributed by atoms with van der Waals surface area (Å²) in [6.07, 6.45) is 1.52. The first-order chi connectivity index (χ1) is 10.7. The van der Waals surface area contributed by atoms with Crippen LogP contribution in [0, 0.1) is 16.7 Å². The van der Waals surface area contributed by atoms with Crippen LogP contribution in [0.2, 0.25) is 0 Å². The Hall–Kier alpha value is -2.48. The summed E-state index contributed by atoms with van der Waals surface area (Å²) in [6, 6.07) is 6.49. The molecular formula is C18H24N2O3. The molecule has 5 heteroatoms. The third-order valence-electron chi connectivity index (χ3n) is 3.69. The molecule has 0 fully saturated rings. The molecule has 0 aromatic heterocycles. The van der Waals surface area contributed by atoms with Crippen LogP contribution in [0.3, 0.4) is 0 Å². The second-order valence-corrected chi connectivity index (χ2v) is 6.23. The third kappa shape index (κ3) is 4.75. The molecule has 23 heavy (non-hydrogen) atoms. The summed E-state index contributed by atoms with van der Waals surface area (Å²) in [4.78, 5) is 12.2. The van der Waals surface area contributed by atoms with Crippen LogP contribution < -0.4 is 14.8 Å². The lowest BCUT2D eigenvalue weighted by atomic mass is 9.87. The summed E-state index contributed by atoms with van der Waals surface area (Å²) < 4.78 is 10.6. The molecule has 0 heterocycles. The molecular weight excluding hydrogens is 292 g/mol. The molecule has 0 bridgehead atoms. The van der Waals surface area contributed by atoms with E-state index < -0.39 is 6.04 Å². The van der Waals surface area contributed by atoms with E-state index in [0.717, 1.165) is 5.57 Å². The highest BCUT2D eigenvalue weighted by atomic mass is 16.5. The Labute approximate surface area is 137 Å². The van der Waals surface area contributed by atoms with E-state index in [1.54, 1.807) is 18.2 Å². The Morgan fingerprint density at radius 1 is 1.30 bits per heavy atom. The normalized spacial score (nSPS) is 13.0. The molecule has 0 aliphatic heterocycles. The first-order valence-electron chi connectivity index (χ1n) is 7.34. The first kappa shape index (κ1) is 18.6. The quantitative estimate of drug-likeness (QED) is 0.845. The highest BCUT2D eigenvalue weighted by molar-refractivity contribution is 5.89. The van der Waals surface area contributed by atoms with E-state index >= 15 is 0 Å². The van der Waals surface area contributed by atoms with Crippen molar-refractivity contribution in [3.05, 3.63) is 35.4 Å². The number of rotatable bonds is 5. The highest BCUT2D eigenvalue weighted by Gasteiger charge is 2.21. The number of methoxy groups -OCH3 is 2. The molecule has 1 atom stereocenters. The molecule has 0 unspecified atom stereocenters. The summed E-state index contributed by atoms with van der Waals surface area (Å²) >= 11 is 0. The summed E-state index contributed by atoms with van der Waals surface area (Å²) in [5.41, 5.74) is 1.39. The number of nitrogens with one attached hydrogen (secondary N) is 1. The van der Waals surface area contributed by atoms with Gasteiger partial charge in [-0.1, -0.05) is 38.5 Å². The molecule has 1 amide bonds. The maximum absolute atomic E-state index is 12.2. The molecule has 1 N–H and O–H groups in total. The largest absolute Gasteiger partial charge is 0.493 e. The van der Waals surface area contributed by atoms with Gasteiger partial charge in [-0.3, -0.25) is 4.79 Å². The molecule has 0 radical (unpaired) electrons. The maximum atomic E-state index is 12.2. The number of hydrogen-bond donors (Lipinski definition) is 1. The van der Waals surface area contributed by atoms with Gasteiger partial charge in [0, 0.05) is 11.6 Å². The Balaban J connectivity index is 3.08. The summed E-state index contributed by atoms with van der Waals surface area (Å²) in [6.45, 7) is 7.98. The zero-order valence-electron chi connectivity index (χ0n) is 14.6. The molecule has 0 saturated carbocycles. The number of benzene rings is 1. The number of ether oxygens (including phenoxy) is 2. The van der Waals surface area contributed by atoms with Gasteiger partial charge < -0.3 is 14.8 Å². The monoisotopic (exact) mass is 316 g/mol. The van der Waals surface area contributed by atoms with Crippen molar-refractivity contribution in [1.29, 1.82) is 5.26 Å². The van der Waals surface area contributed by atoms with Gasteiger partial charge in [-0.05, 0) is 18.4 Å². The summed E-state index contributed by atoms with van der Waals surface area (Å²) in [7, 11) is 3.03. The second kappa shape index (κ2) is 7.68. The van der Waals surface area contributed by atoms with Gasteiger partial charge in [0.05, 0.1) is 20.3 Å². The zero-order valence-corrected chi connectivity index (χ0v) is 14.6. The second-order valence-electron chi connectivity index (χ2n) is 6.23. The van der Waals surface area contributed by atoms with Crippen LogP contribution in [0.4, 0.5) is 0 Å². The number of amides is 1. The minimum Gasteiger partial charge on any atom is -0.493 e. The molecule has 1 aromatic carbocycles. The van der Waals surface area contributed by atoms with Gasteiger partial charge in [0.2, 0.25) is 5.91 Å². The molecule has 0 saturated heterocycles. The Bertz CT molecular complexity index is 637. The maximum Gasteiger partial charge on any atom is 0.245 e. The molecule has 1 aromatic rings. The van der Waals surface area contributed by atoms with Crippen LogP contribution in [-0.4, -0.2) is 20.1 Å². The molecule has 5 nitrogen and oxygen atoms in total. The van der Waals surface area contributed by atoms with E-state index in [1.165, 1.54) is 20.3 Å². The van der Waals surface area contributed by atoms with Gasteiger partial charge in [-0.25, -0.2) is 0 Å². The van der Waals surface area contributed by atoms with Crippen molar-refractivity contribution in [2.75, 3.05) is 14.2 Å². The van der Waals surface area contributed by atoms with Crippen LogP contribution in [0.15, 0.2) is 29.8 Å². The van der Waals surface area contributed by atoms with Crippen molar-refractivity contribution in [2.24, 2.45) is 5.41 Å². The van der Waals surface area contributed by atoms with E-state index in [1.807, 2.05) is 27.7 Å². The predicted molar refractivity (Wildman–Crippen MR) is 89.3 cm³/mol. The van der Waals surface area contributed by atoms with Gasteiger partial charge >= 0.3 is 0 Å². The SMILES string of the molecule is COc1cccc([C@H](C#N)NC(=O)/C=C(\C)C(C)(C)C)c1OC. The van der Waals surface area contributed by atoms with E-state index in [9.17, 15) is 10.1 Å². The average molecular weight is 316 g/mol. The summed E-state index contributed by atoms with van der Waals surface area (Å²) in [5, 5.41) is 12.1. The van der Waals surface area contributed by atoms with E-state index in [4.69, 9.17) is 9.47 Å². The lowest BCUT2D eigenvalue weighted by molar-refractivity contribution is -0.117. The average Bonchev–Trinajstić information content (AvgIpc) is 2.50. The van der Waals surface area contributed by atoms with Crippen molar-refractivity contribution < 1.29 is 14.3 Å². The Morgan fingerprint density at radius 2 is 1.96 bits per heavy atom. The topological polar surface area (TPSA) is 71.3 Å². The predicted octanol–water partition coefficient (Wildman–Crippen LogP) is 3.38. The van der Waals surface area contributed by atoms with Gasteiger partial charge in [0.25, 0.3) is 0 Å². The van der Waals surface area contributed by atoms with Crippen LogP contribution in [-0.2, 0) is 4.79 Å². The van der Waals surface area contributed by atoms with Crippen molar-refractivity contribution in [3.63, 3.8) is 0 Å². The van der Waals surface area contributed by atoms with Gasteiger partial charge in [-0.2, -0.15) is 5.26 Å². The van der Waals surface area contributed by atoms with Gasteiger partial charge in [-0.15, -0.1) is 0 Å². The number of para-hydroxylation sites is 1. The summed E-state index contributed by atoms with van der Waals surface area (Å²) in [5.74, 6) is 0.646. The van der Waals surface area contributed by atoms with Crippen molar-refractivity contribution in [1.82, 2.24) is 5.32 Å². The van der Waals surface area contributed by atoms with Crippen LogP contribution in [0.5, 0.6) is 11.5 Å². The van der Waals surface area contributed by atoms with Gasteiger partial charge in [0.15, 0.2) is 11.5 Å². The first-order valence-corrected chi connectivity index (χ1v) is 7.34. The molecule has 0 aliphatic carbocycles.